The Bertz CT molecular complexity index is 512. The molecule has 0 heterocycles. The van der Waals surface area contributed by atoms with Crippen LogP contribution in [0.5, 0.6) is 0 Å². The van der Waals surface area contributed by atoms with Crippen LogP contribution in [-0.2, 0) is 21.3 Å². The number of rotatable bonds is 8. The van der Waals surface area contributed by atoms with Crippen LogP contribution in [0.25, 0.3) is 0 Å². The number of methoxy groups -OCH3 is 1. The maximum Gasteiger partial charge on any atom is 0.240 e. The van der Waals surface area contributed by atoms with Crippen LogP contribution in [0.4, 0.5) is 0 Å². The first-order valence-corrected chi connectivity index (χ1v) is 7.91. The van der Waals surface area contributed by atoms with E-state index in [2.05, 4.69) is 10.0 Å². The first kappa shape index (κ1) is 14.5. The molecule has 0 bridgehead atoms. The molecular formula is C13H20N2O3S. The molecule has 0 aromatic heterocycles. The number of hydrogen-bond acceptors (Lipinski definition) is 4. The maximum absolute atomic E-state index is 12.0. The van der Waals surface area contributed by atoms with E-state index < -0.39 is 10.0 Å². The van der Waals surface area contributed by atoms with Crippen molar-refractivity contribution >= 4 is 10.0 Å². The Morgan fingerprint density at radius 1 is 1.37 bits per heavy atom. The van der Waals surface area contributed by atoms with Crippen LogP contribution >= 0.6 is 0 Å². The van der Waals surface area contributed by atoms with Crippen molar-refractivity contribution in [3.63, 3.8) is 0 Å². The Kier molecular flexibility index (Phi) is 4.93. The van der Waals surface area contributed by atoms with E-state index in [0.29, 0.717) is 24.1 Å². The molecule has 19 heavy (non-hydrogen) atoms. The topological polar surface area (TPSA) is 67.4 Å². The minimum absolute atomic E-state index is 0.281. The minimum Gasteiger partial charge on any atom is -0.383 e. The molecule has 0 atom stereocenters. The zero-order chi connectivity index (χ0) is 13.7. The van der Waals surface area contributed by atoms with Gasteiger partial charge in [0.05, 0.1) is 11.5 Å². The van der Waals surface area contributed by atoms with Gasteiger partial charge in [-0.25, -0.2) is 13.1 Å². The van der Waals surface area contributed by atoms with Crippen LogP contribution in [-0.4, -0.2) is 34.7 Å². The van der Waals surface area contributed by atoms with Crippen molar-refractivity contribution in [1.82, 2.24) is 10.0 Å². The molecule has 0 unspecified atom stereocenters. The molecule has 0 spiro atoms. The van der Waals surface area contributed by atoms with Gasteiger partial charge in [0.15, 0.2) is 0 Å². The summed E-state index contributed by atoms with van der Waals surface area (Å²) in [7, 11) is -1.90. The van der Waals surface area contributed by atoms with E-state index in [1.165, 1.54) is 12.8 Å². The van der Waals surface area contributed by atoms with Crippen molar-refractivity contribution in [3.8, 4) is 0 Å². The fourth-order valence-electron chi connectivity index (χ4n) is 1.73. The summed E-state index contributed by atoms with van der Waals surface area (Å²) in [5.74, 6) is 0. The monoisotopic (exact) mass is 284 g/mol. The summed E-state index contributed by atoms with van der Waals surface area (Å²) < 4.78 is 31.4. The largest absolute Gasteiger partial charge is 0.383 e. The smallest absolute Gasteiger partial charge is 0.240 e. The molecule has 0 radical (unpaired) electrons. The lowest BCUT2D eigenvalue weighted by molar-refractivity contribution is 0.204. The molecule has 1 aliphatic carbocycles. The van der Waals surface area contributed by atoms with Gasteiger partial charge in [-0.2, -0.15) is 0 Å². The third-order valence-electron chi connectivity index (χ3n) is 2.98. The Morgan fingerprint density at radius 3 is 2.84 bits per heavy atom. The van der Waals surface area contributed by atoms with Crippen molar-refractivity contribution in [1.29, 1.82) is 0 Å². The highest BCUT2D eigenvalue weighted by Gasteiger charge is 2.20. The molecular weight excluding hydrogens is 264 g/mol. The Balaban J connectivity index is 1.99. The summed E-state index contributed by atoms with van der Waals surface area (Å²) in [6.45, 7) is 1.36. The van der Waals surface area contributed by atoms with Crippen molar-refractivity contribution in [2.24, 2.45) is 0 Å². The maximum atomic E-state index is 12.0. The summed E-state index contributed by atoms with van der Waals surface area (Å²) >= 11 is 0. The van der Waals surface area contributed by atoms with Crippen LogP contribution in [0.15, 0.2) is 29.2 Å². The number of ether oxygens (including phenoxy) is 1. The van der Waals surface area contributed by atoms with Gasteiger partial charge in [-0.1, -0.05) is 12.1 Å². The fraction of sp³-hybridized carbons (Fsp3) is 0.538. The first-order chi connectivity index (χ1) is 9.12. The lowest BCUT2D eigenvalue weighted by atomic mass is 10.2. The van der Waals surface area contributed by atoms with Gasteiger partial charge in [-0.05, 0) is 30.5 Å². The number of benzene rings is 1. The highest BCUT2D eigenvalue weighted by molar-refractivity contribution is 7.89. The van der Waals surface area contributed by atoms with E-state index >= 15 is 0 Å². The van der Waals surface area contributed by atoms with Gasteiger partial charge < -0.3 is 10.1 Å². The molecule has 106 valence electrons. The molecule has 1 saturated carbocycles. The normalized spacial score (nSPS) is 15.6. The highest BCUT2D eigenvalue weighted by Crippen LogP contribution is 2.19. The van der Waals surface area contributed by atoms with Gasteiger partial charge in [0, 0.05) is 26.2 Å². The second kappa shape index (κ2) is 6.47. The molecule has 1 fully saturated rings. The second-order valence-electron chi connectivity index (χ2n) is 4.69. The van der Waals surface area contributed by atoms with Crippen molar-refractivity contribution in [3.05, 3.63) is 29.8 Å². The van der Waals surface area contributed by atoms with E-state index in [1.807, 2.05) is 6.07 Å². The number of nitrogens with one attached hydrogen (secondary N) is 2. The summed E-state index contributed by atoms with van der Waals surface area (Å²) in [5.41, 5.74) is 0.988. The lowest BCUT2D eigenvalue weighted by Crippen LogP contribution is -2.27. The molecule has 0 aliphatic heterocycles. The van der Waals surface area contributed by atoms with Crippen molar-refractivity contribution in [2.75, 3.05) is 20.3 Å². The van der Waals surface area contributed by atoms with Crippen LogP contribution in [0, 0.1) is 0 Å². The zero-order valence-corrected chi connectivity index (χ0v) is 11.9. The predicted octanol–water partition coefficient (Wildman–Crippen LogP) is 0.863. The standard InChI is InChI=1S/C13H20N2O3S/c1-18-8-7-15-19(16,17)13-4-2-3-11(9-13)10-14-12-5-6-12/h2-4,9,12,14-15H,5-8,10H2,1H3. The van der Waals surface area contributed by atoms with Crippen LogP contribution in [0.2, 0.25) is 0 Å². The highest BCUT2D eigenvalue weighted by atomic mass is 32.2. The van der Waals surface area contributed by atoms with Crippen molar-refractivity contribution < 1.29 is 13.2 Å². The fourth-order valence-corrected chi connectivity index (χ4v) is 2.82. The van der Waals surface area contributed by atoms with Gasteiger partial charge in [-0.3, -0.25) is 0 Å². The number of hydrogen-bond donors (Lipinski definition) is 2. The third-order valence-corrected chi connectivity index (χ3v) is 4.44. The Labute approximate surface area is 114 Å². The average molecular weight is 284 g/mol. The molecule has 0 saturated heterocycles. The van der Waals surface area contributed by atoms with Gasteiger partial charge in [0.25, 0.3) is 0 Å². The van der Waals surface area contributed by atoms with E-state index in [9.17, 15) is 8.42 Å². The van der Waals surface area contributed by atoms with Crippen molar-refractivity contribution in [2.45, 2.75) is 30.3 Å². The van der Waals surface area contributed by atoms with Crippen LogP contribution in [0.1, 0.15) is 18.4 Å². The first-order valence-electron chi connectivity index (χ1n) is 6.43. The third kappa shape index (κ3) is 4.58. The molecule has 2 N–H and O–H groups in total. The van der Waals surface area contributed by atoms with Gasteiger partial charge in [0.2, 0.25) is 10.0 Å². The summed E-state index contributed by atoms with van der Waals surface area (Å²) in [6, 6.07) is 7.64. The zero-order valence-electron chi connectivity index (χ0n) is 11.1. The summed E-state index contributed by atoms with van der Waals surface area (Å²) in [4.78, 5) is 0.304. The molecule has 0 amide bonds. The summed E-state index contributed by atoms with van der Waals surface area (Å²) in [5, 5.41) is 3.37. The van der Waals surface area contributed by atoms with Gasteiger partial charge in [-0.15, -0.1) is 0 Å². The van der Waals surface area contributed by atoms with E-state index in [0.717, 1.165) is 5.56 Å². The number of sulfonamides is 1. The molecule has 2 rings (SSSR count). The predicted molar refractivity (Wildman–Crippen MR) is 73.4 cm³/mol. The van der Waals surface area contributed by atoms with Crippen LogP contribution in [0.3, 0.4) is 0 Å². The van der Waals surface area contributed by atoms with Gasteiger partial charge >= 0.3 is 0 Å². The average Bonchev–Trinajstić information content (AvgIpc) is 3.21. The second-order valence-corrected chi connectivity index (χ2v) is 6.46. The Morgan fingerprint density at radius 2 is 2.16 bits per heavy atom. The molecule has 1 aromatic rings. The minimum atomic E-state index is -3.44. The Hall–Kier alpha value is -0.950. The molecule has 5 nitrogen and oxygen atoms in total. The SMILES string of the molecule is COCCNS(=O)(=O)c1cccc(CNC2CC2)c1. The summed E-state index contributed by atoms with van der Waals surface area (Å²) in [6.07, 6.45) is 2.44. The van der Waals surface area contributed by atoms with E-state index in [1.54, 1.807) is 25.3 Å². The molecule has 6 heteroatoms. The van der Waals surface area contributed by atoms with E-state index in [4.69, 9.17) is 4.74 Å². The van der Waals surface area contributed by atoms with Crippen LogP contribution < -0.4 is 10.0 Å². The van der Waals surface area contributed by atoms with Gasteiger partial charge in [0.1, 0.15) is 0 Å². The lowest BCUT2D eigenvalue weighted by Gasteiger charge is -2.08. The molecule has 1 aliphatic rings. The van der Waals surface area contributed by atoms with E-state index in [-0.39, 0.29) is 6.54 Å². The molecule has 1 aromatic carbocycles. The quantitative estimate of drug-likeness (QED) is 0.695.